The van der Waals surface area contributed by atoms with E-state index in [0.29, 0.717) is 17.0 Å². The lowest BCUT2D eigenvalue weighted by molar-refractivity contribution is 0.0632. The van der Waals surface area contributed by atoms with Crippen LogP contribution in [0.25, 0.3) is 0 Å². The first kappa shape index (κ1) is 12.7. The van der Waals surface area contributed by atoms with Gasteiger partial charge in [0.2, 0.25) is 0 Å². The van der Waals surface area contributed by atoms with Gasteiger partial charge in [0.05, 0.1) is 12.7 Å². The summed E-state index contributed by atoms with van der Waals surface area (Å²) in [7, 11) is 1.57. The number of anilines is 1. The van der Waals surface area contributed by atoms with Crippen LogP contribution in [0.5, 0.6) is 5.75 Å². The van der Waals surface area contributed by atoms with Gasteiger partial charge in [0, 0.05) is 18.3 Å². The Morgan fingerprint density at radius 1 is 1.44 bits per heavy atom. The second-order valence-corrected chi connectivity index (χ2v) is 4.80. The molecular formula is C14H20N2O2. The van der Waals surface area contributed by atoms with Crippen LogP contribution in [-0.2, 0) is 0 Å². The van der Waals surface area contributed by atoms with E-state index in [1.54, 1.807) is 25.3 Å². The van der Waals surface area contributed by atoms with Crippen molar-refractivity contribution >= 4 is 11.6 Å². The van der Waals surface area contributed by atoms with E-state index in [4.69, 9.17) is 10.5 Å². The van der Waals surface area contributed by atoms with E-state index in [2.05, 4.69) is 6.92 Å². The third kappa shape index (κ3) is 2.42. The van der Waals surface area contributed by atoms with E-state index in [9.17, 15) is 4.79 Å². The quantitative estimate of drug-likeness (QED) is 0.817. The molecular weight excluding hydrogens is 228 g/mol. The summed E-state index contributed by atoms with van der Waals surface area (Å²) < 4.78 is 5.24. The molecule has 0 unspecified atom stereocenters. The lowest BCUT2D eigenvalue weighted by atomic mass is 10.0. The molecule has 1 saturated heterocycles. The van der Waals surface area contributed by atoms with Crippen molar-refractivity contribution in [3.05, 3.63) is 23.8 Å². The van der Waals surface area contributed by atoms with Crippen molar-refractivity contribution in [1.29, 1.82) is 0 Å². The Bertz CT molecular complexity index is 445. The highest BCUT2D eigenvalue weighted by molar-refractivity contribution is 5.98. The largest absolute Gasteiger partial charge is 0.496 e. The van der Waals surface area contributed by atoms with Gasteiger partial charge in [0.1, 0.15) is 5.75 Å². The number of ether oxygens (including phenoxy) is 1. The van der Waals surface area contributed by atoms with E-state index in [1.807, 2.05) is 4.90 Å². The average Bonchev–Trinajstić information content (AvgIpc) is 2.38. The number of benzene rings is 1. The molecule has 1 amide bonds. The molecule has 2 N–H and O–H groups in total. The number of rotatable bonds is 2. The first-order chi connectivity index (χ1) is 8.63. The van der Waals surface area contributed by atoms with Crippen molar-refractivity contribution < 1.29 is 9.53 Å². The molecule has 0 bridgehead atoms. The van der Waals surface area contributed by atoms with E-state index < -0.39 is 0 Å². The molecule has 4 heteroatoms. The minimum atomic E-state index is 0.0198. The first-order valence-corrected chi connectivity index (χ1v) is 6.38. The molecule has 0 saturated carbocycles. The van der Waals surface area contributed by atoms with Gasteiger partial charge in [-0.2, -0.15) is 0 Å². The summed E-state index contributed by atoms with van der Waals surface area (Å²) in [5.74, 6) is 0.610. The Morgan fingerprint density at radius 3 is 2.89 bits per heavy atom. The molecule has 1 aromatic rings. The van der Waals surface area contributed by atoms with Gasteiger partial charge in [-0.1, -0.05) is 0 Å². The smallest absolute Gasteiger partial charge is 0.257 e. The Kier molecular flexibility index (Phi) is 3.75. The van der Waals surface area contributed by atoms with Crippen LogP contribution in [0.1, 0.15) is 36.5 Å². The number of carbonyl (C=O) groups is 1. The monoisotopic (exact) mass is 248 g/mol. The SMILES string of the molecule is COc1ccc(N)cc1C(=O)N1CCCC[C@H]1C. The molecule has 0 spiro atoms. The molecule has 1 aliphatic heterocycles. The molecule has 1 fully saturated rings. The second-order valence-electron chi connectivity index (χ2n) is 4.80. The van der Waals surface area contributed by atoms with Gasteiger partial charge in [-0.25, -0.2) is 0 Å². The maximum Gasteiger partial charge on any atom is 0.257 e. The highest BCUT2D eigenvalue weighted by atomic mass is 16.5. The van der Waals surface area contributed by atoms with Crippen LogP contribution in [0.4, 0.5) is 5.69 Å². The summed E-state index contributed by atoms with van der Waals surface area (Å²) in [6.07, 6.45) is 3.33. The minimum Gasteiger partial charge on any atom is -0.496 e. The Hall–Kier alpha value is -1.71. The third-order valence-corrected chi connectivity index (χ3v) is 3.52. The van der Waals surface area contributed by atoms with Crippen LogP contribution in [0.3, 0.4) is 0 Å². The number of piperidine rings is 1. The van der Waals surface area contributed by atoms with Crippen LogP contribution in [-0.4, -0.2) is 30.5 Å². The number of nitrogens with zero attached hydrogens (tertiary/aromatic N) is 1. The molecule has 2 rings (SSSR count). The lowest BCUT2D eigenvalue weighted by Crippen LogP contribution is -2.42. The maximum atomic E-state index is 12.5. The number of hydrogen-bond acceptors (Lipinski definition) is 3. The van der Waals surface area contributed by atoms with Crippen LogP contribution in [0, 0.1) is 0 Å². The van der Waals surface area contributed by atoms with E-state index in [1.165, 1.54) is 6.42 Å². The molecule has 18 heavy (non-hydrogen) atoms. The fraction of sp³-hybridized carbons (Fsp3) is 0.500. The first-order valence-electron chi connectivity index (χ1n) is 6.38. The molecule has 1 aliphatic rings. The standard InChI is InChI=1S/C14H20N2O2/c1-10-5-3-4-8-16(10)14(17)12-9-11(15)6-7-13(12)18-2/h6-7,9-10H,3-5,8,15H2,1-2H3/t10-/m1/s1. The van der Waals surface area contributed by atoms with Crippen molar-refractivity contribution in [2.24, 2.45) is 0 Å². The van der Waals surface area contributed by atoms with Gasteiger partial charge in [-0.05, 0) is 44.4 Å². The van der Waals surface area contributed by atoms with Crippen LogP contribution < -0.4 is 10.5 Å². The number of hydrogen-bond donors (Lipinski definition) is 1. The fourth-order valence-electron chi connectivity index (χ4n) is 2.45. The Labute approximate surface area is 108 Å². The number of amides is 1. The van der Waals surface area contributed by atoms with Gasteiger partial charge in [0.15, 0.2) is 0 Å². The van der Waals surface area contributed by atoms with E-state index >= 15 is 0 Å². The van der Waals surface area contributed by atoms with Crippen molar-refractivity contribution in [3.8, 4) is 5.75 Å². The highest BCUT2D eigenvalue weighted by Crippen LogP contribution is 2.26. The summed E-state index contributed by atoms with van der Waals surface area (Å²) in [6, 6.07) is 5.48. The van der Waals surface area contributed by atoms with Crippen molar-refractivity contribution in [2.75, 3.05) is 19.4 Å². The van der Waals surface area contributed by atoms with Gasteiger partial charge in [0.25, 0.3) is 5.91 Å². The summed E-state index contributed by atoms with van der Waals surface area (Å²) in [5.41, 5.74) is 6.91. The number of carbonyl (C=O) groups excluding carboxylic acids is 1. The topological polar surface area (TPSA) is 55.6 Å². The van der Waals surface area contributed by atoms with Gasteiger partial charge in [-0.15, -0.1) is 0 Å². The number of likely N-dealkylation sites (tertiary alicyclic amines) is 1. The summed E-state index contributed by atoms with van der Waals surface area (Å²) >= 11 is 0. The number of nitrogens with two attached hydrogens (primary N) is 1. The van der Waals surface area contributed by atoms with Crippen molar-refractivity contribution in [3.63, 3.8) is 0 Å². The molecule has 98 valence electrons. The van der Waals surface area contributed by atoms with Crippen LogP contribution in [0.2, 0.25) is 0 Å². The normalized spacial score (nSPS) is 19.7. The van der Waals surface area contributed by atoms with Crippen molar-refractivity contribution in [1.82, 2.24) is 4.90 Å². The number of methoxy groups -OCH3 is 1. The molecule has 1 atom stereocenters. The maximum absolute atomic E-state index is 12.5. The molecule has 1 heterocycles. The zero-order valence-electron chi connectivity index (χ0n) is 11.0. The fourth-order valence-corrected chi connectivity index (χ4v) is 2.45. The summed E-state index contributed by atoms with van der Waals surface area (Å²) in [4.78, 5) is 14.4. The molecule has 0 radical (unpaired) electrons. The zero-order chi connectivity index (χ0) is 13.1. The highest BCUT2D eigenvalue weighted by Gasteiger charge is 2.26. The van der Waals surface area contributed by atoms with Crippen LogP contribution in [0.15, 0.2) is 18.2 Å². The summed E-state index contributed by atoms with van der Waals surface area (Å²) in [5, 5.41) is 0. The van der Waals surface area contributed by atoms with Crippen LogP contribution >= 0.6 is 0 Å². The minimum absolute atomic E-state index is 0.0198. The molecule has 4 nitrogen and oxygen atoms in total. The second kappa shape index (κ2) is 5.29. The molecule has 0 aliphatic carbocycles. The Balaban J connectivity index is 2.29. The lowest BCUT2D eigenvalue weighted by Gasteiger charge is -2.33. The van der Waals surface area contributed by atoms with Crippen molar-refractivity contribution in [2.45, 2.75) is 32.2 Å². The average molecular weight is 248 g/mol. The van der Waals surface area contributed by atoms with E-state index in [0.717, 1.165) is 19.4 Å². The third-order valence-electron chi connectivity index (χ3n) is 3.52. The summed E-state index contributed by atoms with van der Waals surface area (Å²) in [6.45, 7) is 2.91. The molecule has 0 aromatic heterocycles. The van der Waals surface area contributed by atoms with E-state index in [-0.39, 0.29) is 11.9 Å². The van der Waals surface area contributed by atoms with Gasteiger partial charge >= 0.3 is 0 Å². The van der Waals surface area contributed by atoms with Gasteiger partial charge < -0.3 is 15.4 Å². The number of nitrogen functional groups attached to an aromatic ring is 1. The zero-order valence-corrected chi connectivity index (χ0v) is 11.0. The molecule has 1 aromatic carbocycles. The Morgan fingerprint density at radius 2 is 2.22 bits per heavy atom. The van der Waals surface area contributed by atoms with Gasteiger partial charge in [-0.3, -0.25) is 4.79 Å². The predicted molar refractivity (Wildman–Crippen MR) is 71.8 cm³/mol. The predicted octanol–water partition coefficient (Wildman–Crippen LogP) is 2.29.